The molecular formula is C15H20O3. The minimum Gasteiger partial charge on any atom is -0.504 e. The zero-order chi connectivity index (χ0) is 12.8. The summed E-state index contributed by atoms with van der Waals surface area (Å²) in [5.41, 5.74) is 2.57. The minimum atomic E-state index is 0.520. The van der Waals surface area contributed by atoms with Gasteiger partial charge in [0.25, 0.3) is 0 Å². The van der Waals surface area contributed by atoms with Crippen molar-refractivity contribution in [2.24, 2.45) is 5.92 Å². The van der Waals surface area contributed by atoms with Gasteiger partial charge in [-0.3, -0.25) is 0 Å². The predicted octanol–water partition coefficient (Wildman–Crippen LogP) is 2.80. The van der Waals surface area contributed by atoms with Gasteiger partial charge >= 0.3 is 0 Å². The molecule has 0 aliphatic carbocycles. The average Bonchev–Trinajstić information content (AvgIpc) is 2.42. The molecule has 0 radical (unpaired) electrons. The van der Waals surface area contributed by atoms with Crippen LogP contribution in [0.5, 0.6) is 5.75 Å². The lowest BCUT2D eigenvalue weighted by Crippen LogP contribution is -2.21. The fourth-order valence-electron chi connectivity index (χ4n) is 2.28. The molecule has 1 fully saturated rings. The molecule has 1 aliphatic heterocycles. The van der Waals surface area contributed by atoms with Crippen LogP contribution < -0.4 is 4.74 Å². The second-order valence-corrected chi connectivity index (χ2v) is 4.52. The molecule has 2 rings (SSSR count). The molecule has 0 saturated carbocycles. The largest absolute Gasteiger partial charge is 0.504 e. The van der Waals surface area contributed by atoms with E-state index in [4.69, 9.17) is 14.2 Å². The van der Waals surface area contributed by atoms with Crippen LogP contribution in [0, 0.1) is 5.92 Å². The van der Waals surface area contributed by atoms with Crippen molar-refractivity contribution in [2.75, 3.05) is 27.4 Å². The third kappa shape index (κ3) is 3.26. The maximum atomic E-state index is 5.47. The maximum absolute atomic E-state index is 5.47. The van der Waals surface area contributed by atoms with Crippen molar-refractivity contribution in [1.29, 1.82) is 0 Å². The van der Waals surface area contributed by atoms with Crippen molar-refractivity contribution in [3.05, 3.63) is 41.7 Å². The summed E-state index contributed by atoms with van der Waals surface area (Å²) in [5.74, 6) is 1.42. The highest BCUT2D eigenvalue weighted by atomic mass is 16.5. The van der Waals surface area contributed by atoms with Crippen LogP contribution in [0.25, 0.3) is 0 Å². The van der Waals surface area contributed by atoms with E-state index in [-0.39, 0.29) is 0 Å². The molecule has 18 heavy (non-hydrogen) atoms. The average molecular weight is 248 g/mol. The van der Waals surface area contributed by atoms with Crippen LogP contribution in [-0.2, 0) is 15.9 Å². The fraction of sp³-hybridized carbons (Fsp3) is 0.467. The quantitative estimate of drug-likeness (QED) is 0.767. The lowest BCUT2D eigenvalue weighted by molar-refractivity contribution is 0.103. The molecule has 1 saturated heterocycles. The van der Waals surface area contributed by atoms with Gasteiger partial charge in [0.15, 0.2) is 0 Å². The second-order valence-electron chi connectivity index (χ2n) is 4.52. The van der Waals surface area contributed by atoms with E-state index in [1.807, 2.05) is 18.4 Å². The van der Waals surface area contributed by atoms with Gasteiger partial charge in [0.1, 0.15) is 5.75 Å². The third-order valence-corrected chi connectivity index (χ3v) is 3.31. The Morgan fingerprint density at radius 3 is 2.72 bits per heavy atom. The van der Waals surface area contributed by atoms with Crippen LogP contribution in [0.15, 0.2) is 36.1 Å². The summed E-state index contributed by atoms with van der Waals surface area (Å²) in [6, 6.07) is 8.26. The molecule has 0 spiro atoms. The van der Waals surface area contributed by atoms with Crippen molar-refractivity contribution in [2.45, 2.75) is 12.8 Å². The van der Waals surface area contributed by atoms with E-state index in [1.165, 1.54) is 11.1 Å². The molecule has 1 aromatic carbocycles. The second kappa shape index (κ2) is 6.45. The van der Waals surface area contributed by atoms with Gasteiger partial charge in [0, 0.05) is 6.61 Å². The Kier molecular flexibility index (Phi) is 4.65. The van der Waals surface area contributed by atoms with Gasteiger partial charge in [-0.1, -0.05) is 12.1 Å². The molecule has 3 heteroatoms. The maximum Gasteiger partial charge on any atom is 0.118 e. The van der Waals surface area contributed by atoms with E-state index >= 15 is 0 Å². The molecule has 98 valence electrons. The standard InChI is InChI=1S/C15H20O3/c1-16-10-14-11-18-8-7-13(14)9-12-3-5-15(17-2)6-4-12/h3-6,10,13H,7-9,11H2,1-2H3/b14-10-. The van der Waals surface area contributed by atoms with Crippen LogP contribution in [-0.4, -0.2) is 27.4 Å². The lowest BCUT2D eigenvalue weighted by Gasteiger charge is -2.25. The van der Waals surface area contributed by atoms with Crippen LogP contribution in [0.3, 0.4) is 0 Å². The summed E-state index contributed by atoms with van der Waals surface area (Å²) in [7, 11) is 3.37. The molecule has 1 aliphatic rings. The summed E-state index contributed by atoms with van der Waals surface area (Å²) >= 11 is 0. The van der Waals surface area contributed by atoms with Crippen molar-refractivity contribution >= 4 is 0 Å². The first-order valence-electron chi connectivity index (χ1n) is 6.26. The Balaban J connectivity index is 2.03. The number of hydrogen-bond acceptors (Lipinski definition) is 3. The van der Waals surface area contributed by atoms with Crippen LogP contribution in [0.1, 0.15) is 12.0 Å². The van der Waals surface area contributed by atoms with Gasteiger partial charge in [0.2, 0.25) is 0 Å². The molecule has 0 bridgehead atoms. The Hall–Kier alpha value is -1.48. The first-order chi connectivity index (χ1) is 8.83. The number of ether oxygens (including phenoxy) is 3. The zero-order valence-electron chi connectivity index (χ0n) is 11.0. The molecule has 0 N–H and O–H groups in total. The predicted molar refractivity (Wildman–Crippen MR) is 70.7 cm³/mol. The summed E-state index contributed by atoms with van der Waals surface area (Å²) < 4.78 is 15.8. The SMILES string of the molecule is CO/C=C1/COCCC1Cc1ccc(OC)cc1. The Bertz CT molecular complexity index is 395. The molecule has 3 nitrogen and oxygen atoms in total. The molecule has 0 amide bonds. The fourth-order valence-corrected chi connectivity index (χ4v) is 2.28. The van der Waals surface area contributed by atoms with Gasteiger partial charge in [-0.2, -0.15) is 0 Å². The zero-order valence-corrected chi connectivity index (χ0v) is 11.0. The van der Waals surface area contributed by atoms with Gasteiger partial charge < -0.3 is 14.2 Å². The third-order valence-electron chi connectivity index (χ3n) is 3.31. The monoisotopic (exact) mass is 248 g/mol. The molecule has 1 heterocycles. The summed E-state index contributed by atoms with van der Waals surface area (Å²) in [6.45, 7) is 1.52. The van der Waals surface area contributed by atoms with Gasteiger partial charge in [-0.25, -0.2) is 0 Å². The Morgan fingerprint density at radius 2 is 2.06 bits per heavy atom. The van der Waals surface area contributed by atoms with E-state index in [0.29, 0.717) is 12.5 Å². The van der Waals surface area contributed by atoms with E-state index in [1.54, 1.807) is 14.2 Å². The number of benzene rings is 1. The molecular weight excluding hydrogens is 228 g/mol. The molecule has 1 unspecified atom stereocenters. The topological polar surface area (TPSA) is 27.7 Å². The van der Waals surface area contributed by atoms with E-state index < -0.39 is 0 Å². The van der Waals surface area contributed by atoms with E-state index in [0.717, 1.165) is 25.2 Å². The smallest absolute Gasteiger partial charge is 0.118 e. The molecule has 1 atom stereocenters. The number of hydrogen-bond donors (Lipinski definition) is 0. The van der Waals surface area contributed by atoms with E-state index in [9.17, 15) is 0 Å². The van der Waals surface area contributed by atoms with Gasteiger partial charge in [-0.15, -0.1) is 0 Å². The first-order valence-corrected chi connectivity index (χ1v) is 6.26. The van der Waals surface area contributed by atoms with Crippen molar-refractivity contribution in [1.82, 2.24) is 0 Å². The highest BCUT2D eigenvalue weighted by Crippen LogP contribution is 2.25. The van der Waals surface area contributed by atoms with Crippen LogP contribution in [0.2, 0.25) is 0 Å². The van der Waals surface area contributed by atoms with Crippen molar-refractivity contribution < 1.29 is 14.2 Å². The first kappa shape index (κ1) is 13.0. The summed E-state index contributed by atoms with van der Waals surface area (Å²) in [6.07, 6.45) is 3.91. The normalized spacial score (nSPS) is 21.9. The van der Waals surface area contributed by atoms with Gasteiger partial charge in [0.05, 0.1) is 27.1 Å². The Morgan fingerprint density at radius 1 is 1.28 bits per heavy atom. The summed E-state index contributed by atoms with van der Waals surface area (Å²) in [4.78, 5) is 0. The Labute approximate surface area is 108 Å². The van der Waals surface area contributed by atoms with Crippen LogP contribution in [0.4, 0.5) is 0 Å². The summed E-state index contributed by atoms with van der Waals surface area (Å²) in [5, 5.41) is 0. The van der Waals surface area contributed by atoms with E-state index in [2.05, 4.69) is 12.1 Å². The van der Waals surface area contributed by atoms with Crippen molar-refractivity contribution in [3.63, 3.8) is 0 Å². The lowest BCUT2D eigenvalue weighted by atomic mass is 9.89. The highest BCUT2D eigenvalue weighted by molar-refractivity contribution is 5.28. The van der Waals surface area contributed by atoms with Gasteiger partial charge in [-0.05, 0) is 42.0 Å². The minimum absolute atomic E-state index is 0.520. The molecule has 1 aromatic rings. The van der Waals surface area contributed by atoms with Crippen LogP contribution >= 0.6 is 0 Å². The van der Waals surface area contributed by atoms with Crippen molar-refractivity contribution in [3.8, 4) is 5.75 Å². The highest BCUT2D eigenvalue weighted by Gasteiger charge is 2.20. The number of methoxy groups -OCH3 is 2. The number of rotatable bonds is 4. The molecule has 0 aromatic heterocycles.